The van der Waals surface area contributed by atoms with Crippen molar-refractivity contribution < 1.29 is 14.7 Å². The lowest BCUT2D eigenvalue weighted by molar-refractivity contribution is -0.137. The lowest BCUT2D eigenvalue weighted by Gasteiger charge is -2.10. The second-order valence-electron chi connectivity index (χ2n) is 3.84. The number of aliphatic carboxylic acids is 1. The molecule has 0 spiro atoms. The van der Waals surface area contributed by atoms with E-state index in [1.165, 1.54) is 0 Å². The van der Waals surface area contributed by atoms with E-state index in [9.17, 15) is 9.59 Å². The Bertz CT molecular complexity index is 430. The van der Waals surface area contributed by atoms with Crippen LogP contribution < -0.4 is 11.1 Å². The highest BCUT2D eigenvalue weighted by Gasteiger charge is 2.07. The first kappa shape index (κ1) is 13.0. The third-order valence-electron chi connectivity index (χ3n) is 2.32. The van der Waals surface area contributed by atoms with E-state index in [2.05, 4.69) is 5.32 Å². The summed E-state index contributed by atoms with van der Waals surface area (Å²) in [5.41, 5.74) is 7.33. The van der Waals surface area contributed by atoms with E-state index >= 15 is 0 Å². The van der Waals surface area contributed by atoms with Crippen molar-refractivity contribution in [3.8, 4) is 0 Å². The van der Waals surface area contributed by atoms with Gasteiger partial charge < -0.3 is 16.2 Å². The van der Waals surface area contributed by atoms with Crippen LogP contribution in [0.3, 0.4) is 0 Å². The highest BCUT2D eigenvalue weighted by molar-refractivity contribution is 5.98. The predicted octanol–water partition coefficient (Wildman–Crippen LogP) is 1.37. The molecule has 5 nitrogen and oxygen atoms in total. The molecule has 4 N–H and O–H groups in total. The molecule has 0 aliphatic carbocycles. The largest absolute Gasteiger partial charge is 0.481 e. The fourth-order valence-electron chi connectivity index (χ4n) is 1.48. The van der Waals surface area contributed by atoms with Crippen LogP contribution in [0.1, 0.15) is 28.8 Å². The minimum atomic E-state index is -0.828. The molecule has 0 radical (unpaired) electrons. The lowest BCUT2D eigenvalue weighted by Crippen LogP contribution is -2.15. The average molecular weight is 236 g/mol. The number of benzene rings is 1. The molecule has 0 aliphatic rings. The van der Waals surface area contributed by atoms with Crippen molar-refractivity contribution in [2.45, 2.75) is 19.8 Å². The minimum Gasteiger partial charge on any atom is -0.481 e. The summed E-state index contributed by atoms with van der Waals surface area (Å²) in [5.74, 6) is -1.32. The molecule has 0 bridgehead atoms. The number of carbonyl (C=O) groups is 2. The maximum absolute atomic E-state index is 11.2. The topological polar surface area (TPSA) is 92.4 Å². The van der Waals surface area contributed by atoms with E-state index < -0.39 is 11.9 Å². The molecule has 17 heavy (non-hydrogen) atoms. The maximum atomic E-state index is 11.2. The normalized spacial score (nSPS) is 9.94. The van der Waals surface area contributed by atoms with E-state index in [1.807, 2.05) is 19.1 Å². The van der Waals surface area contributed by atoms with Crippen LogP contribution in [-0.4, -0.2) is 23.5 Å². The zero-order chi connectivity index (χ0) is 12.8. The van der Waals surface area contributed by atoms with Gasteiger partial charge in [-0.15, -0.1) is 0 Å². The van der Waals surface area contributed by atoms with Crippen molar-refractivity contribution in [2.24, 2.45) is 5.73 Å². The predicted molar refractivity (Wildman–Crippen MR) is 65.1 cm³/mol. The zero-order valence-electron chi connectivity index (χ0n) is 9.69. The first-order chi connectivity index (χ1) is 8.00. The summed E-state index contributed by atoms with van der Waals surface area (Å²) in [6.45, 7) is 2.41. The maximum Gasteiger partial charge on any atom is 0.303 e. The molecule has 92 valence electrons. The van der Waals surface area contributed by atoms with E-state index in [0.29, 0.717) is 24.2 Å². The second kappa shape index (κ2) is 5.89. The number of carboxylic acids is 1. The number of hydrogen-bond acceptors (Lipinski definition) is 3. The van der Waals surface area contributed by atoms with Crippen molar-refractivity contribution >= 4 is 17.6 Å². The van der Waals surface area contributed by atoms with Gasteiger partial charge >= 0.3 is 5.97 Å². The SMILES string of the molecule is Cc1ccc(C(N)=O)c(NCCCC(=O)O)c1. The number of hydrogen-bond donors (Lipinski definition) is 3. The third kappa shape index (κ3) is 4.14. The van der Waals surface area contributed by atoms with Crippen molar-refractivity contribution in [3.05, 3.63) is 29.3 Å². The van der Waals surface area contributed by atoms with Gasteiger partial charge in [-0.1, -0.05) is 6.07 Å². The average Bonchev–Trinajstić information content (AvgIpc) is 2.23. The van der Waals surface area contributed by atoms with Gasteiger partial charge in [0.2, 0.25) is 0 Å². The highest BCUT2D eigenvalue weighted by Crippen LogP contribution is 2.17. The number of carbonyl (C=O) groups excluding carboxylic acids is 1. The number of nitrogens with two attached hydrogens (primary N) is 1. The number of nitrogens with one attached hydrogen (secondary N) is 1. The van der Waals surface area contributed by atoms with Gasteiger partial charge in [0.15, 0.2) is 0 Å². The number of carboxylic acid groups (broad SMARTS) is 1. The highest BCUT2D eigenvalue weighted by atomic mass is 16.4. The Hall–Kier alpha value is -2.04. The first-order valence-electron chi connectivity index (χ1n) is 5.37. The molecule has 0 heterocycles. The molecular weight excluding hydrogens is 220 g/mol. The molecule has 0 aliphatic heterocycles. The summed E-state index contributed by atoms with van der Waals surface area (Å²) in [6.07, 6.45) is 0.603. The zero-order valence-corrected chi connectivity index (χ0v) is 9.69. The van der Waals surface area contributed by atoms with Crippen molar-refractivity contribution in [1.82, 2.24) is 0 Å². The van der Waals surface area contributed by atoms with Gasteiger partial charge in [-0.05, 0) is 31.0 Å². The molecule has 0 fully saturated rings. The minimum absolute atomic E-state index is 0.102. The Labute approximate surface area is 99.6 Å². The van der Waals surface area contributed by atoms with Gasteiger partial charge in [0.1, 0.15) is 0 Å². The van der Waals surface area contributed by atoms with E-state index in [-0.39, 0.29) is 6.42 Å². The van der Waals surface area contributed by atoms with Gasteiger partial charge in [0.25, 0.3) is 5.91 Å². The summed E-state index contributed by atoms with van der Waals surface area (Å²) in [7, 11) is 0. The molecule has 1 amide bonds. The van der Waals surface area contributed by atoms with Crippen molar-refractivity contribution in [3.63, 3.8) is 0 Å². The lowest BCUT2D eigenvalue weighted by atomic mass is 10.1. The summed E-state index contributed by atoms with van der Waals surface area (Å²) >= 11 is 0. The summed E-state index contributed by atoms with van der Waals surface area (Å²) < 4.78 is 0. The van der Waals surface area contributed by atoms with Gasteiger partial charge in [0.05, 0.1) is 5.56 Å². The number of anilines is 1. The second-order valence-corrected chi connectivity index (χ2v) is 3.84. The smallest absolute Gasteiger partial charge is 0.303 e. The summed E-state index contributed by atoms with van der Waals surface area (Å²) in [5, 5.41) is 11.5. The molecule has 1 aromatic rings. The van der Waals surface area contributed by atoms with Crippen LogP contribution in [0.4, 0.5) is 5.69 Å². The van der Waals surface area contributed by atoms with E-state index in [4.69, 9.17) is 10.8 Å². The Morgan fingerprint density at radius 1 is 1.41 bits per heavy atom. The number of aryl methyl sites for hydroxylation is 1. The Morgan fingerprint density at radius 2 is 2.12 bits per heavy atom. The summed E-state index contributed by atoms with van der Waals surface area (Å²) in [4.78, 5) is 21.5. The van der Waals surface area contributed by atoms with Gasteiger partial charge in [-0.25, -0.2) is 0 Å². The van der Waals surface area contributed by atoms with Crippen LogP contribution in [0.25, 0.3) is 0 Å². The molecule has 1 aromatic carbocycles. The van der Waals surface area contributed by atoms with Gasteiger partial charge in [0, 0.05) is 18.7 Å². The third-order valence-corrected chi connectivity index (χ3v) is 2.32. The fraction of sp³-hybridized carbons (Fsp3) is 0.333. The van der Waals surface area contributed by atoms with Crippen LogP contribution in [-0.2, 0) is 4.79 Å². The van der Waals surface area contributed by atoms with Crippen molar-refractivity contribution in [2.75, 3.05) is 11.9 Å². The molecule has 0 saturated heterocycles. The van der Waals surface area contributed by atoms with Crippen LogP contribution >= 0.6 is 0 Å². The van der Waals surface area contributed by atoms with Crippen LogP contribution in [0.15, 0.2) is 18.2 Å². The number of rotatable bonds is 6. The van der Waals surface area contributed by atoms with Gasteiger partial charge in [-0.2, -0.15) is 0 Å². The Kier molecular flexibility index (Phi) is 4.51. The fourth-order valence-corrected chi connectivity index (χ4v) is 1.48. The molecule has 5 heteroatoms. The standard InChI is InChI=1S/C12H16N2O3/c1-8-4-5-9(12(13)17)10(7-8)14-6-2-3-11(15)16/h4-5,7,14H,2-3,6H2,1H3,(H2,13,17)(H,15,16). The first-order valence-corrected chi connectivity index (χ1v) is 5.37. The van der Waals surface area contributed by atoms with Crippen LogP contribution in [0.2, 0.25) is 0 Å². The Balaban J connectivity index is 2.65. The molecule has 0 aromatic heterocycles. The molecule has 0 unspecified atom stereocenters. The molecule has 1 rings (SSSR count). The van der Waals surface area contributed by atoms with Gasteiger partial charge in [-0.3, -0.25) is 9.59 Å². The van der Waals surface area contributed by atoms with E-state index in [1.54, 1.807) is 6.07 Å². The molecule has 0 saturated carbocycles. The molecule has 0 atom stereocenters. The quantitative estimate of drug-likeness (QED) is 0.650. The molecular formula is C12H16N2O3. The van der Waals surface area contributed by atoms with Crippen molar-refractivity contribution in [1.29, 1.82) is 0 Å². The van der Waals surface area contributed by atoms with E-state index in [0.717, 1.165) is 5.56 Å². The number of amides is 1. The number of primary amides is 1. The van der Waals surface area contributed by atoms with Crippen LogP contribution in [0.5, 0.6) is 0 Å². The summed E-state index contributed by atoms with van der Waals surface area (Å²) in [6, 6.07) is 5.29. The monoisotopic (exact) mass is 236 g/mol. The van der Waals surface area contributed by atoms with Crippen LogP contribution in [0, 0.1) is 6.92 Å². The Morgan fingerprint density at radius 3 is 2.71 bits per heavy atom.